The fourth-order valence-corrected chi connectivity index (χ4v) is 2.09. The Balaban J connectivity index is 2.39. The van der Waals surface area contributed by atoms with E-state index in [2.05, 4.69) is 26.0 Å². The number of aliphatic carboxylic acids is 1. The summed E-state index contributed by atoms with van der Waals surface area (Å²) < 4.78 is 0.571. The Morgan fingerprint density at radius 2 is 2.44 bits per heavy atom. The molecule has 0 saturated heterocycles. The Morgan fingerprint density at radius 3 is 3.06 bits per heavy atom. The van der Waals surface area contributed by atoms with E-state index in [0.717, 1.165) is 0 Å². The molecule has 0 radical (unpaired) electrons. The van der Waals surface area contributed by atoms with Crippen molar-refractivity contribution >= 4 is 43.9 Å². The van der Waals surface area contributed by atoms with Gasteiger partial charge in [0.15, 0.2) is 11.9 Å². The molecule has 1 aromatic rings. The molecule has 1 aromatic heterocycles. The number of carbonyl (C=O) groups is 1. The van der Waals surface area contributed by atoms with Gasteiger partial charge in [-0.15, -0.1) is 0 Å². The second-order valence-electron chi connectivity index (χ2n) is 3.19. The number of carboxylic acids is 1. The molecule has 0 saturated carbocycles. The maximum Gasteiger partial charge on any atom is 0.329 e. The van der Waals surface area contributed by atoms with Gasteiger partial charge in [-0.3, -0.25) is 0 Å². The number of halogens is 2. The summed E-state index contributed by atoms with van der Waals surface area (Å²) in [6.07, 6.45) is 1.85. The Morgan fingerprint density at radius 1 is 1.69 bits per heavy atom. The summed E-state index contributed by atoms with van der Waals surface area (Å²) in [4.78, 5) is 15.1. The maximum absolute atomic E-state index is 11.0. The Bertz CT molecular complexity index is 466. The van der Waals surface area contributed by atoms with Crippen molar-refractivity contribution in [3.63, 3.8) is 0 Å². The molecule has 0 bridgehead atoms. The molecular formula is C9H7BrClN3O2. The largest absolute Gasteiger partial charge is 0.480 e. The molecule has 16 heavy (non-hydrogen) atoms. The molecule has 0 aliphatic carbocycles. The quantitative estimate of drug-likeness (QED) is 0.909. The van der Waals surface area contributed by atoms with Gasteiger partial charge in [-0.1, -0.05) is 11.6 Å². The molecule has 0 fully saturated rings. The van der Waals surface area contributed by atoms with Crippen LogP contribution in [0.5, 0.6) is 0 Å². The van der Waals surface area contributed by atoms with E-state index in [-0.39, 0.29) is 0 Å². The normalized spacial score (nSPS) is 19.8. The molecule has 1 aliphatic rings. The fourth-order valence-electron chi connectivity index (χ4n) is 1.41. The third-order valence-electron chi connectivity index (χ3n) is 2.11. The predicted molar refractivity (Wildman–Crippen MR) is 64.1 cm³/mol. The number of aromatic nitrogens is 1. The van der Waals surface area contributed by atoms with Gasteiger partial charge in [0.2, 0.25) is 0 Å². The summed E-state index contributed by atoms with van der Waals surface area (Å²) in [5.41, 5.74) is 0. The molecule has 5 nitrogen and oxygen atoms in total. The van der Waals surface area contributed by atoms with Crippen LogP contribution in [0.3, 0.4) is 0 Å². The molecule has 84 valence electrons. The second-order valence-corrected chi connectivity index (χ2v) is 4.51. The van der Waals surface area contributed by atoms with Crippen LogP contribution in [0.1, 0.15) is 6.42 Å². The Kier molecular flexibility index (Phi) is 3.11. The van der Waals surface area contributed by atoms with E-state index in [1.807, 2.05) is 0 Å². The number of hydrogen-bond donors (Lipinski definition) is 1. The highest BCUT2D eigenvalue weighted by Crippen LogP contribution is 2.29. The zero-order valence-electron chi connectivity index (χ0n) is 7.97. The highest BCUT2D eigenvalue weighted by molar-refractivity contribution is 9.18. The number of rotatable bonds is 2. The van der Waals surface area contributed by atoms with Gasteiger partial charge in [-0.05, 0) is 28.1 Å². The van der Waals surface area contributed by atoms with Crippen LogP contribution in [-0.4, -0.2) is 26.7 Å². The predicted octanol–water partition coefficient (Wildman–Crippen LogP) is 2.11. The summed E-state index contributed by atoms with van der Waals surface area (Å²) >= 11 is 9.12. The molecule has 1 N–H and O–H groups in total. The van der Waals surface area contributed by atoms with Crippen molar-refractivity contribution in [1.29, 1.82) is 0 Å². The van der Waals surface area contributed by atoms with Crippen LogP contribution in [0, 0.1) is 0 Å². The molecule has 1 aliphatic heterocycles. The van der Waals surface area contributed by atoms with Crippen molar-refractivity contribution in [1.82, 2.24) is 4.98 Å². The first-order valence-corrected chi connectivity index (χ1v) is 5.62. The van der Waals surface area contributed by atoms with Crippen LogP contribution in [-0.2, 0) is 4.79 Å². The highest BCUT2D eigenvalue weighted by atomic mass is 79.9. The lowest BCUT2D eigenvalue weighted by Gasteiger charge is -2.19. The third kappa shape index (κ3) is 2.03. The average molecular weight is 305 g/mol. The fraction of sp³-hybridized carbons (Fsp3) is 0.222. The minimum atomic E-state index is -0.958. The van der Waals surface area contributed by atoms with Gasteiger partial charge in [0.05, 0.1) is 5.02 Å². The molecule has 2 heterocycles. The molecule has 0 spiro atoms. The summed E-state index contributed by atoms with van der Waals surface area (Å²) in [5.74, 6) is -0.606. The lowest BCUT2D eigenvalue weighted by molar-refractivity contribution is -0.138. The number of pyridine rings is 1. The van der Waals surface area contributed by atoms with Gasteiger partial charge in [0.25, 0.3) is 0 Å². The van der Waals surface area contributed by atoms with Gasteiger partial charge in [0, 0.05) is 12.6 Å². The van der Waals surface area contributed by atoms with Crippen LogP contribution in [0.2, 0.25) is 5.02 Å². The zero-order chi connectivity index (χ0) is 11.7. The van der Waals surface area contributed by atoms with Gasteiger partial charge >= 0.3 is 5.97 Å². The lowest BCUT2D eigenvalue weighted by Crippen LogP contribution is -2.34. The first-order valence-electron chi connectivity index (χ1n) is 4.45. The van der Waals surface area contributed by atoms with Crippen LogP contribution in [0.4, 0.5) is 5.82 Å². The van der Waals surface area contributed by atoms with Crippen molar-refractivity contribution in [2.24, 2.45) is 5.10 Å². The molecular weight excluding hydrogens is 297 g/mol. The number of hydrogen-bond acceptors (Lipinski definition) is 4. The first kappa shape index (κ1) is 11.3. The lowest BCUT2D eigenvalue weighted by atomic mass is 10.2. The number of hydrazone groups is 1. The Labute approximate surface area is 105 Å². The van der Waals surface area contributed by atoms with Gasteiger partial charge in [-0.2, -0.15) is 5.10 Å². The summed E-state index contributed by atoms with van der Waals surface area (Å²) in [5, 5.41) is 14.8. The molecule has 2 rings (SSSR count). The van der Waals surface area contributed by atoms with E-state index in [4.69, 9.17) is 16.7 Å². The van der Waals surface area contributed by atoms with Gasteiger partial charge < -0.3 is 5.11 Å². The zero-order valence-corrected chi connectivity index (χ0v) is 10.3. The first-order chi connectivity index (χ1) is 7.59. The van der Waals surface area contributed by atoms with E-state index < -0.39 is 12.0 Å². The minimum absolute atomic E-state index is 0.308. The van der Waals surface area contributed by atoms with Crippen molar-refractivity contribution < 1.29 is 9.90 Å². The summed E-state index contributed by atoms with van der Waals surface area (Å²) in [7, 11) is 0. The van der Waals surface area contributed by atoms with E-state index in [0.29, 0.717) is 21.9 Å². The van der Waals surface area contributed by atoms with Gasteiger partial charge in [-0.25, -0.2) is 14.8 Å². The van der Waals surface area contributed by atoms with E-state index in [1.54, 1.807) is 18.3 Å². The van der Waals surface area contributed by atoms with Crippen LogP contribution in [0.15, 0.2) is 23.4 Å². The molecule has 0 aromatic carbocycles. The Hall–Kier alpha value is -1.14. The van der Waals surface area contributed by atoms with Crippen LogP contribution >= 0.6 is 27.5 Å². The van der Waals surface area contributed by atoms with Gasteiger partial charge in [0.1, 0.15) is 4.62 Å². The monoisotopic (exact) mass is 303 g/mol. The molecule has 1 atom stereocenters. The van der Waals surface area contributed by atoms with E-state index in [1.165, 1.54) is 5.01 Å². The minimum Gasteiger partial charge on any atom is -0.480 e. The highest BCUT2D eigenvalue weighted by Gasteiger charge is 2.34. The number of carboxylic acid groups (broad SMARTS) is 1. The average Bonchev–Trinajstić information content (AvgIpc) is 2.61. The molecule has 7 heteroatoms. The van der Waals surface area contributed by atoms with Crippen molar-refractivity contribution in [3.05, 3.63) is 23.4 Å². The van der Waals surface area contributed by atoms with Crippen molar-refractivity contribution in [2.45, 2.75) is 12.5 Å². The van der Waals surface area contributed by atoms with Crippen molar-refractivity contribution in [3.8, 4) is 0 Å². The van der Waals surface area contributed by atoms with Crippen molar-refractivity contribution in [2.75, 3.05) is 5.01 Å². The third-order valence-corrected chi connectivity index (χ3v) is 2.89. The van der Waals surface area contributed by atoms with Crippen LogP contribution < -0.4 is 5.01 Å². The summed E-state index contributed by atoms with van der Waals surface area (Å²) in [6.45, 7) is 0. The van der Waals surface area contributed by atoms with E-state index in [9.17, 15) is 4.79 Å². The molecule has 0 amide bonds. The number of anilines is 1. The van der Waals surface area contributed by atoms with E-state index >= 15 is 0 Å². The summed E-state index contributed by atoms with van der Waals surface area (Å²) in [6, 6.07) is 2.56. The molecule has 1 unspecified atom stereocenters. The smallest absolute Gasteiger partial charge is 0.329 e. The SMILES string of the molecule is O=C(O)C1CC(Br)=NN1c1ncccc1Cl. The number of nitrogens with zero attached hydrogens (tertiary/aromatic N) is 3. The topological polar surface area (TPSA) is 65.8 Å². The second kappa shape index (κ2) is 4.39. The standard InChI is InChI=1S/C9H7BrClN3O2/c10-7-4-6(9(15)16)14(13-7)8-5(11)2-1-3-12-8/h1-3,6H,4H2,(H,15,16). The maximum atomic E-state index is 11.0. The van der Waals surface area contributed by atoms with Crippen LogP contribution in [0.25, 0.3) is 0 Å².